The lowest BCUT2D eigenvalue weighted by molar-refractivity contribution is -0.380. The first kappa shape index (κ1) is 36.1. The summed E-state index contributed by atoms with van der Waals surface area (Å²) in [5, 5.41) is 0.662. The molecule has 242 valence electrons. The van der Waals surface area contributed by atoms with Gasteiger partial charge < -0.3 is 32.6 Å². The highest BCUT2D eigenvalue weighted by molar-refractivity contribution is 7.75. The topological polar surface area (TPSA) is 64.6 Å². The smallest absolute Gasteiger partial charge is 0.225 e. The van der Waals surface area contributed by atoms with Gasteiger partial charge in [0.05, 0.1) is 13.2 Å². The van der Waals surface area contributed by atoms with Gasteiger partial charge in [0.2, 0.25) is 5.79 Å². The van der Waals surface area contributed by atoms with Crippen molar-refractivity contribution in [2.75, 3.05) is 40.1 Å². The van der Waals surface area contributed by atoms with Gasteiger partial charge >= 0.3 is 0 Å². The minimum absolute atomic E-state index is 0.187. The van der Waals surface area contributed by atoms with Crippen LogP contribution in [0.4, 0.5) is 0 Å². The molecule has 1 aliphatic rings. The molecule has 0 saturated carbocycles. The van der Waals surface area contributed by atoms with Gasteiger partial charge in [0.1, 0.15) is 30.2 Å². The number of halogens is 1. The molecule has 1 heterocycles. The highest BCUT2D eigenvalue weighted by atomic mass is 35.5. The number of ether oxygens (including phenoxy) is 6. The van der Waals surface area contributed by atoms with Gasteiger partial charge in [-0.15, -0.1) is 0 Å². The van der Waals surface area contributed by atoms with Gasteiger partial charge in [-0.1, -0.05) is 69.8 Å². The van der Waals surface area contributed by atoms with Crippen LogP contribution in [0.1, 0.15) is 82.9 Å². The molecule has 0 aromatic heterocycles. The Morgan fingerprint density at radius 2 is 1.47 bits per heavy atom. The molecule has 0 unspecified atom stereocenters. The van der Waals surface area contributed by atoms with Crippen LogP contribution in [-0.4, -0.2) is 64.6 Å². The molecule has 0 N–H and O–H groups in total. The summed E-state index contributed by atoms with van der Waals surface area (Å²) in [6, 6.07) is 14.0. The molecule has 7 nitrogen and oxygen atoms in total. The Morgan fingerprint density at radius 1 is 0.837 bits per heavy atom. The molecule has 0 radical (unpaired) electrons. The molecule has 0 aliphatic carbocycles. The van der Waals surface area contributed by atoms with Crippen molar-refractivity contribution in [3.8, 4) is 5.75 Å². The molecule has 43 heavy (non-hydrogen) atoms. The zero-order valence-corrected chi connectivity index (χ0v) is 28.2. The Labute approximate surface area is 269 Å². The Bertz CT molecular complexity index is 1060. The SMILES string of the molecule is CCCCO[C@H]1[C@H](OCCCC)[C@@H](COS)O[C@@](OC)(c2ccc(Cl)c(Cc3ccc(OCC)cc3)c2)[C@@H]1OCCCC. The first-order chi connectivity index (χ1) is 21.0. The number of thiol groups is 1. The molecule has 3 rings (SSSR count). The minimum Gasteiger partial charge on any atom is -0.494 e. The number of hydrogen-bond acceptors (Lipinski definition) is 8. The maximum atomic E-state index is 6.87. The lowest BCUT2D eigenvalue weighted by atomic mass is 9.86. The van der Waals surface area contributed by atoms with Crippen LogP contribution in [0.15, 0.2) is 42.5 Å². The maximum absolute atomic E-state index is 6.87. The summed E-state index contributed by atoms with van der Waals surface area (Å²) in [6.07, 6.45) is 4.37. The minimum atomic E-state index is -1.30. The molecule has 1 aliphatic heterocycles. The fourth-order valence-electron chi connectivity index (χ4n) is 5.36. The van der Waals surface area contributed by atoms with Crippen LogP contribution in [-0.2, 0) is 40.1 Å². The second-order valence-corrected chi connectivity index (χ2v) is 11.6. The predicted octanol–water partition coefficient (Wildman–Crippen LogP) is 7.94. The second kappa shape index (κ2) is 19.2. The van der Waals surface area contributed by atoms with Crippen molar-refractivity contribution in [3.63, 3.8) is 0 Å². The van der Waals surface area contributed by atoms with Crippen molar-refractivity contribution in [1.82, 2.24) is 0 Å². The van der Waals surface area contributed by atoms with Gasteiger partial charge in [-0.2, -0.15) is 0 Å². The average Bonchev–Trinajstić information content (AvgIpc) is 3.01. The molecule has 0 bridgehead atoms. The second-order valence-electron chi connectivity index (χ2n) is 10.9. The van der Waals surface area contributed by atoms with Gasteiger partial charge in [0, 0.05) is 37.5 Å². The molecular weight excluding hydrogens is 588 g/mol. The Kier molecular flexibility index (Phi) is 16.1. The Morgan fingerprint density at radius 3 is 2.05 bits per heavy atom. The highest BCUT2D eigenvalue weighted by Gasteiger charge is 2.58. The number of hydrogen-bond donors (Lipinski definition) is 1. The monoisotopic (exact) mass is 638 g/mol. The fourth-order valence-corrected chi connectivity index (χ4v) is 5.70. The third-order valence-electron chi connectivity index (χ3n) is 7.72. The van der Waals surface area contributed by atoms with E-state index in [0.29, 0.717) is 37.9 Å². The highest BCUT2D eigenvalue weighted by Crippen LogP contribution is 2.44. The Balaban J connectivity index is 2.07. The Hall–Kier alpha value is -1.36. The number of benzene rings is 2. The van der Waals surface area contributed by atoms with E-state index in [1.807, 2.05) is 31.2 Å². The molecule has 2 aromatic carbocycles. The molecule has 0 amide bonds. The largest absolute Gasteiger partial charge is 0.494 e. The van der Waals surface area contributed by atoms with E-state index < -0.39 is 30.2 Å². The summed E-state index contributed by atoms with van der Waals surface area (Å²) in [5.74, 6) is -0.459. The predicted molar refractivity (Wildman–Crippen MR) is 174 cm³/mol. The molecular formula is C34H51ClO7S. The summed E-state index contributed by atoms with van der Waals surface area (Å²) in [5.41, 5.74) is 2.85. The van der Waals surface area contributed by atoms with Crippen LogP contribution in [0.5, 0.6) is 5.75 Å². The fraction of sp³-hybridized carbons (Fsp3) is 0.647. The lowest BCUT2D eigenvalue weighted by Gasteiger charge is -2.52. The van der Waals surface area contributed by atoms with E-state index in [1.54, 1.807) is 7.11 Å². The zero-order valence-electron chi connectivity index (χ0n) is 26.5. The van der Waals surface area contributed by atoms with Crippen LogP contribution in [0.3, 0.4) is 0 Å². The number of rotatable bonds is 20. The summed E-state index contributed by atoms with van der Waals surface area (Å²) < 4.78 is 43.9. The molecule has 0 spiro atoms. The van der Waals surface area contributed by atoms with E-state index in [4.69, 9.17) is 44.2 Å². The zero-order chi connectivity index (χ0) is 31.1. The van der Waals surface area contributed by atoms with Crippen molar-refractivity contribution in [2.45, 2.75) is 103 Å². The van der Waals surface area contributed by atoms with Gasteiger partial charge in [0.25, 0.3) is 0 Å². The van der Waals surface area contributed by atoms with Gasteiger partial charge in [-0.25, -0.2) is 0 Å². The van der Waals surface area contributed by atoms with Gasteiger partial charge in [-0.3, -0.25) is 0 Å². The van der Waals surface area contributed by atoms with Crippen molar-refractivity contribution >= 4 is 24.5 Å². The normalized spacial score (nSPS) is 23.9. The van der Waals surface area contributed by atoms with Crippen LogP contribution >= 0.6 is 24.5 Å². The van der Waals surface area contributed by atoms with Crippen molar-refractivity contribution in [2.24, 2.45) is 0 Å². The standard InChI is InChI=1S/C34H51ClO7S/c1-6-10-19-38-31-30(24-41-43)42-34(36-5,33(40-21-12-8-3)32(31)39-20-11-7-2)27-15-18-29(35)26(23-27)22-25-13-16-28(17-14-25)37-9-4/h13-18,23,30-33,43H,6-12,19-22,24H2,1-5H3/t30-,31-,32+,33-,34+/m1/s1. The van der Waals surface area contributed by atoms with E-state index in [-0.39, 0.29) is 6.61 Å². The molecule has 9 heteroatoms. The van der Waals surface area contributed by atoms with E-state index in [9.17, 15) is 0 Å². The first-order valence-corrected chi connectivity index (χ1v) is 16.6. The summed E-state index contributed by atoms with van der Waals surface area (Å²) >= 11 is 10.9. The summed E-state index contributed by atoms with van der Waals surface area (Å²) in [6.45, 7) is 10.9. The van der Waals surface area contributed by atoms with E-state index in [0.717, 1.165) is 61.0 Å². The van der Waals surface area contributed by atoms with E-state index in [2.05, 4.69) is 51.9 Å². The van der Waals surface area contributed by atoms with Crippen LogP contribution in [0.2, 0.25) is 5.02 Å². The van der Waals surface area contributed by atoms with Crippen molar-refractivity contribution < 1.29 is 32.6 Å². The number of unbranched alkanes of at least 4 members (excludes halogenated alkanes) is 3. The average molecular weight is 639 g/mol. The van der Waals surface area contributed by atoms with Crippen LogP contribution < -0.4 is 4.74 Å². The van der Waals surface area contributed by atoms with Crippen LogP contribution in [0, 0.1) is 0 Å². The quantitative estimate of drug-likeness (QED) is 0.0897. The summed E-state index contributed by atoms with van der Waals surface area (Å²) in [4.78, 5) is 0. The van der Waals surface area contributed by atoms with Crippen molar-refractivity contribution in [3.05, 3.63) is 64.2 Å². The third-order valence-corrected chi connectivity index (χ3v) is 8.24. The number of methoxy groups -OCH3 is 1. The first-order valence-electron chi connectivity index (χ1n) is 15.8. The molecule has 2 aromatic rings. The van der Waals surface area contributed by atoms with Gasteiger partial charge in [0.15, 0.2) is 0 Å². The van der Waals surface area contributed by atoms with E-state index >= 15 is 0 Å². The molecule has 1 saturated heterocycles. The van der Waals surface area contributed by atoms with Crippen LogP contribution in [0.25, 0.3) is 0 Å². The van der Waals surface area contributed by atoms with Crippen molar-refractivity contribution in [1.29, 1.82) is 0 Å². The van der Waals surface area contributed by atoms with E-state index in [1.165, 1.54) is 0 Å². The molecule has 5 atom stereocenters. The molecule has 1 fully saturated rings. The maximum Gasteiger partial charge on any atom is 0.225 e. The lowest BCUT2D eigenvalue weighted by Crippen LogP contribution is -2.66. The van der Waals surface area contributed by atoms with Gasteiger partial charge in [-0.05, 0) is 80.9 Å². The third kappa shape index (κ3) is 9.81. The summed E-state index contributed by atoms with van der Waals surface area (Å²) in [7, 11) is 1.65.